The van der Waals surface area contributed by atoms with Crippen LogP contribution in [0.25, 0.3) is 11.2 Å². The lowest BCUT2D eigenvalue weighted by molar-refractivity contribution is -0.146. The normalized spacial score (nSPS) is 15.7. The number of aromatic nitrogens is 6. The van der Waals surface area contributed by atoms with Crippen LogP contribution in [0.2, 0.25) is 0 Å². The predicted octanol–water partition coefficient (Wildman–Crippen LogP) is 8.12. The first kappa shape index (κ1) is 54.4. The molecule has 18 nitrogen and oxygen atoms in total. The van der Waals surface area contributed by atoms with Crippen LogP contribution in [0.4, 0.5) is 11.5 Å². The summed E-state index contributed by atoms with van der Waals surface area (Å²) in [4.78, 5) is 92.6. The maximum atomic E-state index is 15.5. The van der Waals surface area contributed by atoms with Crippen molar-refractivity contribution >= 4 is 34.6 Å². The fraction of sp³-hybridized carbons (Fsp3) is 0.508. The Morgan fingerprint density at radius 3 is 1.65 bits per heavy atom. The van der Waals surface area contributed by atoms with E-state index in [0.29, 0.717) is 79.5 Å². The Balaban J connectivity index is 1.20. The number of anilines is 2. The molecule has 6 aromatic rings. The summed E-state index contributed by atoms with van der Waals surface area (Å²) in [7, 11) is 0. The van der Waals surface area contributed by atoms with Crippen molar-refractivity contribution in [2.45, 2.75) is 162 Å². The van der Waals surface area contributed by atoms with Crippen molar-refractivity contribution < 1.29 is 28.5 Å². The van der Waals surface area contributed by atoms with Gasteiger partial charge >= 0.3 is 23.3 Å². The molecule has 0 spiro atoms. The number of ether oxygens (including phenoxy) is 4. The van der Waals surface area contributed by atoms with Gasteiger partial charge in [-0.3, -0.25) is 27.9 Å². The summed E-state index contributed by atoms with van der Waals surface area (Å²) in [5.41, 5.74) is 2.32. The van der Waals surface area contributed by atoms with Crippen LogP contribution >= 0.6 is 0 Å². The number of rotatable bonds is 25. The Labute approximate surface area is 448 Å². The number of carbonyl (C=O) groups is 2. The molecule has 3 aliphatic rings. The Kier molecular flexibility index (Phi) is 17.8. The molecule has 4 heterocycles. The molecule has 2 aliphatic carbocycles. The zero-order valence-corrected chi connectivity index (χ0v) is 45.2. The summed E-state index contributed by atoms with van der Waals surface area (Å²) < 4.78 is 29.6. The fourth-order valence-electron chi connectivity index (χ4n) is 11.7. The van der Waals surface area contributed by atoms with Crippen molar-refractivity contribution in [2.75, 3.05) is 36.3 Å². The summed E-state index contributed by atoms with van der Waals surface area (Å²) in [6, 6.07) is 25.2. The van der Waals surface area contributed by atoms with Gasteiger partial charge in [0, 0.05) is 38.6 Å². The smallest absolute Gasteiger partial charge is 0.344 e. The highest BCUT2D eigenvalue weighted by Crippen LogP contribution is 2.47. The molecule has 2 saturated carbocycles. The summed E-state index contributed by atoms with van der Waals surface area (Å²) in [5.74, 6) is 1.27. The molecule has 0 bridgehead atoms. The van der Waals surface area contributed by atoms with Gasteiger partial charge in [0.05, 0.1) is 13.2 Å². The molecule has 2 fully saturated rings. The number of benzene rings is 3. The Bertz CT molecular complexity index is 3240. The lowest BCUT2D eigenvalue weighted by atomic mass is 10.0. The Morgan fingerprint density at radius 2 is 1.10 bits per heavy atom. The van der Waals surface area contributed by atoms with Gasteiger partial charge in [-0.15, -0.1) is 0 Å². The number of hydrogen-bond acceptors (Lipinski definition) is 13. The number of hydrogen-bond donors (Lipinski definition) is 0. The molecule has 18 heteroatoms. The third-order valence-corrected chi connectivity index (χ3v) is 15.2. The van der Waals surface area contributed by atoms with Crippen molar-refractivity contribution in [2.24, 2.45) is 5.92 Å². The van der Waals surface area contributed by atoms with E-state index in [1.165, 1.54) is 9.13 Å². The van der Waals surface area contributed by atoms with Gasteiger partial charge in [0.15, 0.2) is 30.2 Å². The summed E-state index contributed by atoms with van der Waals surface area (Å²) in [6.45, 7) is 8.89. The van der Waals surface area contributed by atoms with Gasteiger partial charge in [-0.2, -0.15) is 0 Å². The van der Waals surface area contributed by atoms with E-state index in [1.807, 2.05) is 85.3 Å². The van der Waals surface area contributed by atoms with Crippen LogP contribution in [0.15, 0.2) is 98.0 Å². The van der Waals surface area contributed by atoms with Crippen LogP contribution in [0.3, 0.4) is 0 Å². The molecule has 1 atom stereocenters. The first-order valence-electron chi connectivity index (χ1n) is 28.0. The van der Waals surface area contributed by atoms with E-state index in [2.05, 4.69) is 22.0 Å². The zero-order valence-electron chi connectivity index (χ0n) is 45.2. The SMILES string of the molecule is CCCn1c(=O)c2c(n(CCCc3ccc(OCC(=O)OCC)cc3)c1=O)N(n1c(C3CCCC3)nc3c(=O)n(CCC)c(=O)n(CCCc4ccc(OCC(=O)OCC)cc4)c31)C(C1CCCC1)N2Cc1ccccc1. The maximum Gasteiger partial charge on any atom is 0.344 e. The van der Waals surface area contributed by atoms with Gasteiger partial charge in [0.2, 0.25) is 0 Å². The van der Waals surface area contributed by atoms with Crippen molar-refractivity contribution in [3.63, 3.8) is 0 Å². The fourth-order valence-corrected chi connectivity index (χ4v) is 11.7. The van der Waals surface area contributed by atoms with Gasteiger partial charge in [-0.05, 0) is 125 Å². The Hall–Kier alpha value is -7.37. The molecule has 3 aromatic carbocycles. The standard InChI is InChI=1S/C59H74N8O10/c1-5-34-63-56(70)50-54(61(58(63)72)36-16-20-41-26-30-46(31-27-41)76-39-48(68)74-7-3)66(52(60-50)44-22-12-13-23-44)67-53(45-24-14-15-25-45)65(38-43-18-10-9-11-19-43)51-55(67)62(59(73)64(35-6-2)57(51)71)37-17-21-42-28-32-47(33-29-42)77-40-49(69)75-8-4/h9-11,18-19,26-33,44-45,53H,5-8,12-17,20-25,34-40H2,1-4H3. The Morgan fingerprint density at radius 1 is 0.584 bits per heavy atom. The van der Waals surface area contributed by atoms with Crippen LogP contribution in [0.5, 0.6) is 11.5 Å². The lowest BCUT2D eigenvalue weighted by Gasteiger charge is -2.38. The minimum Gasteiger partial charge on any atom is -0.482 e. The summed E-state index contributed by atoms with van der Waals surface area (Å²) >= 11 is 0. The highest BCUT2D eigenvalue weighted by molar-refractivity contribution is 5.79. The molecular formula is C59H74N8O10. The van der Waals surface area contributed by atoms with Crippen molar-refractivity contribution in [1.29, 1.82) is 0 Å². The van der Waals surface area contributed by atoms with Gasteiger partial charge in [-0.1, -0.05) is 94.1 Å². The molecule has 3 aromatic heterocycles. The second-order valence-corrected chi connectivity index (χ2v) is 20.5. The molecular weight excluding hydrogens is 981 g/mol. The topological polar surface area (TPSA) is 183 Å². The van der Waals surface area contributed by atoms with E-state index < -0.39 is 35.0 Å². The number of aryl methyl sites for hydroxylation is 3. The van der Waals surface area contributed by atoms with Gasteiger partial charge in [0.25, 0.3) is 11.1 Å². The number of esters is 2. The molecule has 77 heavy (non-hydrogen) atoms. The molecule has 0 N–H and O–H groups in total. The van der Waals surface area contributed by atoms with Crippen molar-refractivity contribution in [3.05, 3.63) is 143 Å². The zero-order chi connectivity index (χ0) is 54.0. The van der Waals surface area contributed by atoms with Crippen LogP contribution in [0.1, 0.15) is 133 Å². The van der Waals surface area contributed by atoms with E-state index in [-0.39, 0.29) is 75.5 Å². The van der Waals surface area contributed by atoms with E-state index >= 15 is 14.4 Å². The largest absolute Gasteiger partial charge is 0.482 e. The van der Waals surface area contributed by atoms with Crippen LogP contribution < -0.4 is 41.9 Å². The molecule has 410 valence electrons. The van der Waals surface area contributed by atoms with Crippen LogP contribution in [-0.4, -0.2) is 72.5 Å². The van der Waals surface area contributed by atoms with E-state index in [9.17, 15) is 14.4 Å². The molecule has 0 radical (unpaired) electrons. The predicted molar refractivity (Wildman–Crippen MR) is 295 cm³/mol. The second kappa shape index (κ2) is 25.2. The van der Waals surface area contributed by atoms with Crippen LogP contribution in [0, 0.1) is 5.92 Å². The maximum absolute atomic E-state index is 15.5. The van der Waals surface area contributed by atoms with Gasteiger partial charge < -0.3 is 23.8 Å². The molecule has 0 amide bonds. The third kappa shape index (κ3) is 11.8. The number of imidazole rings is 1. The minimum atomic E-state index is -0.491. The lowest BCUT2D eigenvalue weighted by Crippen LogP contribution is -2.52. The molecule has 9 rings (SSSR count). The van der Waals surface area contributed by atoms with Gasteiger partial charge in [0.1, 0.15) is 29.2 Å². The number of fused-ring (bicyclic) bond motifs is 2. The average molecular weight is 1060 g/mol. The highest BCUT2D eigenvalue weighted by atomic mass is 16.6. The number of nitrogens with zero attached hydrogens (tertiary/aromatic N) is 8. The quantitative estimate of drug-likeness (QED) is 0.0502. The minimum absolute atomic E-state index is 0.0389. The molecule has 1 unspecified atom stereocenters. The summed E-state index contributed by atoms with van der Waals surface area (Å²) in [5, 5.41) is 2.14. The van der Waals surface area contributed by atoms with Crippen LogP contribution in [-0.2, 0) is 64.6 Å². The highest BCUT2D eigenvalue weighted by Gasteiger charge is 2.49. The number of carbonyl (C=O) groups excluding carboxylic acids is 2. The molecule has 1 aliphatic heterocycles. The van der Waals surface area contributed by atoms with E-state index in [1.54, 1.807) is 23.0 Å². The monoisotopic (exact) mass is 1050 g/mol. The first-order chi connectivity index (χ1) is 37.5. The van der Waals surface area contributed by atoms with E-state index in [4.69, 9.17) is 23.9 Å². The molecule has 0 saturated heterocycles. The second-order valence-electron chi connectivity index (χ2n) is 20.5. The van der Waals surface area contributed by atoms with Crippen molar-refractivity contribution in [1.82, 2.24) is 27.9 Å². The average Bonchev–Trinajstić information content (AvgIpc) is 4.41. The van der Waals surface area contributed by atoms with Crippen molar-refractivity contribution in [3.8, 4) is 11.5 Å². The third-order valence-electron chi connectivity index (χ3n) is 15.2. The summed E-state index contributed by atoms with van der Waals surface area (Å²) in [6.07, 6.45) is 10.2. The first-order valence-corrected chi connectivity index (χ1v) is 28.0. The van der Waals surface area contributed by atoms with E-state index in [0.717, 1.165) is 68.1 Å². The van der Waals surface area contributed by atoms with Gasteiger partial charge in [-0.25, -0.2) is 33.8 Å².